The van der Waals surface area contributed by atoms with Gasteiger partial charge in [0.1, 0.15) is 0 Å². The number of rotatable bonds is 5. The summed E-state index contributed by atoms with van der Waals surface area (Å²) in [4.78, 5) is 11.8. The van der Waals surface area contributed by atoms with E-state index in [1.54, 1.807) is 30.0 Å². The Morgan fingerprint density at radius 1 is 1.50 bits per heavy atom. The highest BCUT2D eigenvalue weighted by Gasteiger charge is 2.08. The summed E-state index contributed by atoms with van der Waals surface area (Å²) < 4.78 is 0. The van der Waals surface area contributed by atoms with Crippen molar-refractivity contribution in [3.8, 4) is 0 Å². The van der Waals surface area contributed by atoms with Gasteiger partial charge in [-0.05, 0) is 36.3 Å². The molecule has 0 bridgehead atoms. The van der Waals surface area contributed by atoms with Gasteiger partial charge in [0.25, 0.3) is 0 Å². The maximum absolute atomic E-state index is 10.7. The van der Waals surface area contributed by atoms with Gasteiger partial charge in [0.15, 0.2) is 0 Å². The minimum absolute atomic E-state index is 0.162. The molecule has 0 spiro atoms. The minimum Gasteiger partial charge on any atom is -0.478 e. The molecule has 88 valence electrons. The van der Waals surface area contributed by atoms with Gasteiger partial charge in [-0.3, -0.25) is 0 Å². The fourth-order valence-electron chi connectivity index (χ4n) is 1.17. The van der Waals surface area contributed by atoms with Gasteiger partial charge in [-0.2, -0.15) is 0 Å². The maximum Gasteiger partial charge on any atom is 0.337 e. The van der Waals surface area contributed by atoms with E-state index < -0.39 is 5.97 Å². The van der Waals surface area contributed by atoms with Gasteiger partial charge in [-0.15, -0.1) is 11.8 Å². The second kappa shape index (κ2) is 6.16. The van der Waals surface area contributed by atoms with E-state index in [0.717, 1.165) is 17.1 Å². The van der Waals surface area contributed by atoms with Crippen LogP contribution in [-0.4, -0.2) is 16.8 Å². The van der Waals surface area contributed by atoms with Gasteiger partial charge >= 0.3 is 5.97 Å². The lowest BCUT2D eigenvalue weighted by Gasteiger charge is -2.06. The average Bonchev–Trinajstić information content (AvgIpc) is 2.16. The molecule has 16 heavy (non-hydrogen) atoms. The molecule has 0 unspecified atom stereocenters. The van der Waals surface area contributed by atoms with Crippen molar-refractivity contribution < 1.29 is 9.90 Å². The molecule has 0 saturated carbocycles. The highest BCUT2D eigenvalue weighted by molar-refractivity contribution is 7.99. The number of hydrogen-bond donors (Lipinski definition) is 1. The van der Waals surface area contributed by atoms with Gasteiger partial charge in [0.05, 0.1) is 10.6 Å². The molecular formula is C12H15ClO2S. The standard InChI is InChI=1S/C12H15ClO2S/c1-8(2)5-6-16-9-3-4-10(12(14)15)11(13)7-9/h3-4,7-8H,5-6H2,1-2H3,(H,14,15). The molecule has 0 aliphatic carbocycles. The van der Waals surface area contributed by atoms with E-state index in [9.17, 15) is 4.79 Å². The van der Waals surface area contributed by atoms with Crippen LogP contribution in [0.25, 0.3) is 0 Å². The summed E-state index contributed by atoms with van der Waals surface area (Å²) in [5.74, 6) is 0.727. The van der Waals surface area contributed by atoms with Crippen molar-refractivity contribution in [1.82, 2.24) is 0 Å². The van der Waals surface area contributed by atoms with E-state index in [-0.39, 0.29) is 5.56 Å². The quantitative estimate of drug-likeness (QED) is 0.805. The number of carboxylic acid groups (broad SMARTS) is 1. The summed E-state index contributed by atoms with van der Waals surface area (Å²) in [6, 6.07) is 5.08. The molecule has 0 saturated heterocycles. The first-order valence-electron chi connectivity index (χ1n) is 5.16. The highest BCUT2D eigenvalue weighted by atomic mass is 35.5. The van der Waals surface area contributed by atoms with Crippen LogP contribution in [0.15, 0.2) is 23.1 Å². The zero-order valence-electron chi connectivity index (χ0n) is 9.37. The molecule has 2 nitrogen and oxygen atoms in total. The lowest BCUT2D eigenvalue weighted by Crippen LogP contribution is -1.97. The van der Waals surface area contributed by atoms with Gasteiger partial charge in [0, 0.05) is 4.90 Å². The zero-order valence-corrected chi connectivity index (χ0v) is 10.9. The molecule has 1 rings (SSSR count). The first-order valence-corrected chi connectivity index (χ1v) is 6.52. The van der Waals surface area contributed by atoms with Crippen molar-refractivity contribution in [2.75, 3.05) is 5.75 Å². The number of carbonyl (C=O) groups is 1. The van der Waals surface area contributed by atoms with Crippen LogP contribution in [0, 0.1) is 5.92 Å². The van der Waals surface area contributed by atoms with Gasteiger partial charge in [-0.25, -0.2) is 4.79 Å². The maximum atomic E-state index is 10.7. The van der Waals surface area contributed by atoms with Crippen molar-refractivity contribution in [1.29, 1.82) is 0 Å². The zero-order chi connectivity index (χ0) is 12.1. The third-order valence-electron chi connectivity index (χ3n) is 2.13. The first-order chi connectivity index (χ1) is 7.50. The van der Waals surface area contributed by atoms with Gasteiger partial charge in [-0.1, -0.05) is 25.4 Å². The Balaban J connectivity index is 2.63. The number of carboxylic acids is 1. The van der Waals surface area contributed by atoms with Crippen LogP contribution in [-0.2, 0) is 0 Å². The number of hydrogen-bond acceptors (Lipinski definition) is 2. The molecule has 0 heterocycles. The Kier molecular flexibility index (Phi) is 5.16. The summed E-state index contributed by atoms with van der Waals surface area (Å²) in [6.07, 6.45) is 1.14. The number of thioether (sulfide) groups is 1. The van der Waals surface area contributed by atoms with E-state index in [4.69, 9.17) is 16.7 Å². The monoisotopic (exact) mass is 258 g/mol. The predicted molar refractivity (Wildman–Crippen MR) is 68.6 cm³/mol. The van der Waals surface area contributed by atoms with Crippen LogP contribution < -0.4 is 0 Å². The molecule has 4 heteroatoms. The second-order valence-electron chi connectivity index (χ2n) is 3.98. The lowest BCUT2D eigenvalue weighted by molar-refractivity contribution is 0.0697. The Morgan fingerprint density at radius 3 is 2.69 bits per heavy atom. The molecule has 1 N–H and O–H groups in total. The van der Waals surface area contributed by atoms with Crippen LogP contribution >= 0.6 is 23.4 Å². The average molecular weight is 259 g/mol. The van der Waals surface area contributed by atoms with E-state index in [2.05, 4.69) is 13.8 Å². The van der Waals surface area contributed by atoms with Gasteiger partial charge in [0.2, 0.25) is 0 Å². The van der Waals surface area contributed by atoms with Crippen LogP contribution in [0.1, 0.15) is 30.6 Å². The van der Waals surface area contributed by atoms with Gasteiger partial charge < -0.3 is 5.11 Å². The van der Waals surface area contributed by atoms with Crippen molar-refractivity contribution >= 4 is 29.3 Å². The van der Waals surface area contributed by atoms with E-state index in [0.29, 0.717) is 10.9 Å². The summed E-state index contributed by atoms with van der Waals surface area (Å²) in [5, 5.41) is 9.12. The molecular weight excluding hydrogens is 244 g/mol. The van der Waals surface area contributed by atoms with Crippen LogP contribution in [0.4, 0.5) is 0 Å². The normalized spacial score (nSPS) is 10.8. The van der Waals surface area contributed by atoms with Crippen molar-refractivity contribution in [3.63, 3.8) is 0 Å². The molecule has 0 aliphatic rings. The smallest absolute Gasteiger partial charge is 0.337 e. The fraction of sp³-hybridized carbons (Fsp3) is 0.417. The Labute approximate surface area is 105 Å². The van der Waals surface area contributed by atoms with Crippen molar-refractivity contribution in [3.05, 3.63) is 28.8 Å². The number of benzene rings is 1. The molecule has 0 fully saturated rings. The molecule has 0 radical (unpaired) electrons. The van der Waals surface area contributed by atoms with E-state index >= 15 is 0 Å². The predicted octanol–water partition coefficient (Wildman–Crippen LogP) is 4.18. The number of aromatic carboxylic acids is 1. The van der Waals surface area contributed by atoms with Crippen molar-refractivity contribution in [2.45, 2.75) is 25.2 Å². The highest BCUT2D eigenvalue weighted by Crippen LogP contribution is 2.26. The SMILES string of the molecule is CC(C)CCSc1ccc(C(=O)O)c(Cl)c1. The summed E-state index contributed by atoms with van der Waals surface area (Å²) in [6.45, 7) is 4.36. The minimum atomic E-state index is -0.983. The summed E-state index contributed by atoms with van der Waals surface area (Å²) >= 11 is 7.58. The van der Waals surface area contributed by atoms with Crippen LogP contribution in [0.2, 0.25) is 5.02 Å². The lowest BCUT2D eigenvalue weighted by atomic mass is 10.2. The first kappa shape index (κ1) is 13.4. The summed E-state index contributed by atoms with van der Waals surface area (Å²) in [5.41, 5.74) is 0.162. The largest absolute Gasteiger partial charge is 0.478 e. The molecule has 0 aliphatic heterocycles. The third kappa shape index (κ3) is 4.06. The Hall–Kier alpha value is -0.670. The van der Waals surface area contributed by atoms with Crippen molar-refractivity contribution in [2.24, 2.45) is 5.92 Å². The van der Waals surface area contributed by atoms with Crippen LogP contribution in [0.3, 0.4) is 0 Å². The molecule has 1 aromatic rings. The van der Waals surface area contributed by atoms with Crippen LogP contribution in [0.5, 0.6) is 0 Å². The number of halogens is 1. The molecule has 0 atom stereocenters. The molecule has 0 amide bonds. The fourth-order valence-corrected chi connectivity index (χ4v) is 2.69. The Morgan fingerprint density at radius 2 is 2.19 bits per heavy atom. The Bertz CT molecular complexity index is 377. The van der Waals surface area contributed by atoms with E-state index in [1.165, 1.54) is 0 Å². The molecule has 0 aromatic heterocycles. The third-order valence-corrected chi connectivity index (χ3v) is 3.47. The topological polar surface area (TPSA) is 37.3 Å². The summed E-state index contributed by atoms with van der Waals surface area (Å²) in [7, 11) is 0. The second-order valence-corrected chi connectivity index (χ2v) is 5.55. The van der Waals surface area contributed by atoms with E-state index in [1.807, 2.05) is 0 Å². The molecule has 1 aromatic carbocycles.